The smallest absolute Gasteiger partial charge is 0.245 e. The van der Waals surface area contributed by atoms with Gasteiger partial charge in [-0.15, -0.1) is 0 Å². The van der Waals surface area contributed by atoms with E-state index in [0.29, 0.717) is 16.6 Å². The standard InChI is InChI=1S/C9H6BrF2IN2/c10-4-6-3-5(1-2-14)7(8(11)12)9(13)15-6/h3,8H,1,4H2. The maximum atomic E-state index is 12.7. The highest BCUT2D eigenvalue weighted by Crippen LogP contribution is 2.28. The molecule has 1 rings (SSSR count). The highest BCUT2D eigenvalue weighted by Gasteiger charge is 2.18. The van der Waals surface area contributed by atoms with Gasteiger partial charge in [0.15, 0.2) is 0 Å². The van der Waals surface area contributed by atoms with Gasteiger partial charge in [0.05, 0.1) is 23.7 Å². The fourth-order valence-corrected chi connectivity index (χ4v) is 2.34. The van der Waals surface area contributed by atoms with E-state index in [9.17, 15) is 8.78 Å². The Labute approximate surface area is 108 Å². The molecular formula is C9H6BrF2IN2. The third kappa shape index (κ3) is 3.08. The second-order valence-electron chi connectivity index (χ2n) is 2.75. The number of nitriles is 1. The number of halogens is 4. The number of alkyl halides is 3. The second kappa shape index (κ2) is 5.70. The molecule has 0 aromatic carbocycles. The molecule has 0 fully saturated rings. The molecule has 2 nitrogen and oxygen atoms in total. The molecule has 0 aliphatic heterocycles. The summed E-state index contributed by atoms with van der Waals surface area (Å²) in [7, 11) is 0. The van der Waals surface area contributed by atoms with Crippen LogP contribution in [0.15, 0.2) is 6.07 Å². The van der Waals surface area contributed by atoms with Crippen LogP contribution in [0.25, 0.3) is 0 Å². The zero-order valence-corrected chi connectivity index (χ0v) is 11.2. The molecule has 80 valence electrons. The summed E-state index contributed by atoms with van der Waals surface area (Å²) in [5.74, 6) is 0. The summed E-state index contributed by atoms with van der Waals surface area (Å²) < 4.78 is 25.6. The van der Waals surface area contributed by atoms with Gasteiger partial charge >= 0.3 is 0 Å². The van der Waals surface area contributed by atoms with E-state index in [-0.39, 0.29) is 15.7 Å². The Balaban J connectivity index is 3.30. The molecule has 6 heteroatoms. The van der Waals surface area contributed by atoms with Crippen LogP contribution in [-0.2, 0) is 11.8 Å². The monoisotopic (exact) mass is 386 g/mol. The van der Waals surface area contributed by atoms with Crippen molar-refractivity contribution in [2.24, 2.45) is 0 Å². The molecule has 0 atom stereocenters. The van der Waals surface area contributed by atoms with Crippen LogP contribution in [-0.4, -0.2) is 4.98 Å². The number of hydrogen-bond donors (Lipinski definition) is 0. The molecule has 0 unspecified atom stereocenters. The molecule has 0 aliphatic rings. The molecule has 1 aromatic rings. The van der Waals surface area contributed by atoms with Gasteiger partial charge in [-0.1, -0.05) is 15.9 Å². The summed E-state index contributed by atoms with van der Waals surface area (Å²) in [5.41, 5.74) is 0.900. The van der Waals surface area contributed by atoms with Crippen molar-refractivity contribution in [2.75, 3.05) is 0 Å². The molecule has 0 N–H and O–H groups in total. The molecular weight excluding hydrogens is 381 g/mol. The van der Waals surface area contributed by atoms with Gasteiger partial charge in [-0.3, -0.25) is 0 Å². The van der Waals surface area contributed by atoms with E-state index in [2.05, 4.69) is 20.9 Å². The number of rotatable bonds is 3. The first-order chi connectivity index (χ1) is 7.10. The lowest BCUT2D eigenvalue weighted by Gasteiger charge is -2.09. The first kappa shape index (κ1) is 12.8. The summed E-state index contributed by atoms with van der Waals surface area (Å²) in [6.45, 7) is 0. The minimum atomic E-state index is -2.59. The zero-order valence-electron chi connectivity index (χ0n) is 7.48. The summed E-state index contributed by atoms with van der Waals surface area (Å²) in [6, 6.07) is 3.42. The molecule has 0 spiro atoms. The number of nitrogens with zero attached hydrogens (tertiary/aromatic N) is 2. The Morgan fingerprint density at radius 2 is 2.27 bits per heavy atom. The topological polar surface area (TPSA) is 36.7 Å². The van der Waals surface area contributed by atoms with Gasteiger partial charge in [-0.2, -0.15) is 5.26 Å². The quantitative estimate of drug-likeness (QED) is 0.452. The number of hydrogen-bond acceptors (Lipinski definition) is 2. The molecule has 0 radical (unpaired) electrons. The first-order valence-electron chi connectivity index (χ1n) is 3.99. The van der Waals surface area contributed by atoms with Crippen molar-refractivity contribution in [2.45, 2.75) is 18.2 Å². The van der Waals surface area contributed by atoms with Crippen molar-refractivity contribution < 1.29 is 8.78 Å². The Kier molecular flexibility index (Phi) is 4.86. The zero-order chi connectivity index (χ0) is 11.4. The van der Waals surface area contributed by atoms with E-state index >= 15 is 0 Å². The lowest BCUT2D eigenvalue weighted by Crippen LogP contribution is -2.03. The van der Waals surface area contributed by atoms with Gasteiger partial charge in [-0.05, 0) is 34.2 Å². The normalized spacial score (nSPS) is 10.4. The molecule has 0 amide bonds. The average Bonchev–Trinajstić information content (AvgIpc) is 2.16. The summed E-state index contributed by atoms with van der Waals surface area (Å²) >= 11 is 4.97. The van der Waals surface area contributed by atoms with Crippen LogP contribution < -0.4 is 0 Å². The van der Waals surface area contributed by atoms with Gasteiger partial charge in [0.2, 0.25) is 0 Å². The first-order valence-corrected chi connectivity index (χ1v) is 6.19. The van der Waals surface area contributed by atoms with E-state index in [1.54, 1.807) is 28.7 Å². The average molecular weight is 387 g/mol. The maximum absolute atomic E-state index is 12.7. The van der Waals surface area contributed by atoms with Crippen molar-refractivity contribution in [3.63, 3.8) is 0 Å². The highest BCUT2D eigenvalue weighted by atomic mass is 127. The van der Waals surface area contributed by atoms with Gasteiger partial charge in [-0.25, -0.2) is 13.8 Å². The molecule has 0 saturated heterocycles. The highest BCUT2D eigenvalue weighted by molar-refractivity contribution is 14.1. The Hall–Kier alpha value is -0.290. The van der Waals surface area contributed by atoms with Crippen LogP contribution in [0, 0.1) is 15.0 Å². The Morgan fingerprint density at radius 3 is 2.73 bits per heavy atom. The summed E-state index contributed by atoms with van der Waals surface area (Å²) in [6.07, 6.45) is -2.60. The molecule has 1 heterocycles. The van der Waals surface area contributed by atoms with Crippen LogP contribution in [0.2, 0.25) is 0 Å². The predicted octanol–water partition coefficient (Wildman–Crippen LogP) is 3.58. The van der Waals surface area contributed by atoms with E-state index in [1.807, 2.05) is 6.07 Å². The van der Waals surface area contributed by atoms with Gasteiger partial charge in [0.1, 0.15) is 3.70 Å². The minimum Gasteiger partial charge on any atom is -0.245 e. The largest absolute Gasteiger partial charge is 0.266 e. The van der Waals surface area contributed by atoms with E-state index in [4.69, 9.17) is 5.26 Å². The fraction of sp³-hybridized carbons (Fsp3) is 0.333. The Bertz CT molecular complexity index is 404. The van der Waals surface area contributed by atoms with Crippen molar-refractivity contribution in [3.05, 3.63) is 26.6 Å². The number of aromatic nitrogens is 1. The van der Waals surface area contributed by atoms with E-state index < -0.39 is 6.43 Å². The lowest BCUT2D eigenvalue weighted by atomic mass is 10.1. The van der Waals surface area contributed by atoms with Crippen molar-refractivity contribution in [1.82, 2.24) is 4.98 Å². The molecule has 1 aromatic heterocycles. The van der Waals surface area contributed by atoms with Crippen LogP contribution >= 0.6 is 38.5 Å². The molecule has 15 heavy (non-hydrogen) atoms. The lowest BCUT2D eigenvalue weighted by molar-refractivity contribution is 0.149. The fourth-order valence-electron chi connectivity index (χ4n) is 1.16. The van der Waals surface area contributed by atoms with Gasteiger partial charge < -0.3 is 0 Å². The third-order valence-electron chi connectivity index (χ3n) is 1.78. The van der Waals surface area contributed by atoms with E-state index in [1.165, 1.54) is 0 Å². The minimum absolute atomic E-state index is 0.0157. The van der Waals surface area contributed by atoms with Crippen LogP contribution in [0.1, 0.15) is 23.2 Å². The van der Waals surface area contributed by atoms with Crippen LogP contribution in [0.5, 0.6) is 0 Å². The van der Waals surface area contributed by atoms with Crippen molar-refractivity contribution >= 4 is 38.5 Å². The maximum Gasteiger partial charge on any atom is 0.266 e. The Morgan fingerprint density at radius 1 is 1.60 bits per heavy atom. The molecule has 0 aliphatic carbocycles. The number of pyridine rings is 1. The second-order valence-corrected chi connectivity index (χ2v) is 4.33. The summed E-state index contributed by atoms with van der Waals surface area (Å²) in [5, 5.41) is 9.04. The van der Waals surface area contributed by atoms with Crippen LogP contribution in [0.3, 0.4) is 0 Å². The summed E-state index contributed by atoms with van der Waals surface area (Å²) in [4.78, 5) is 4.01. The molecule has 0 bridgehead atoms. The predicted molar refractivity (Wildman–Crippen MR) is 63.9 cm³/mol. The van der Waals surface area contributed by atoms with Crippen molar-refractivity contribution in [1.29, 1.82) is 5.26 Å². The van der Waals surface area contributed by atoms with Gasteiger partial charge in [0, 0.05) is 5.33 Å². The third-order valence-corrected chi connectivity index (χ3v) is 3.17. The van der Waals surface area contributed by atoms with Crippen LogP contribution in [0.4, 0.5) is 8.78 Å². The SMILES string of the molecule is N#CCc1cc(CBr)nc(I)c1C(F)F. The van der Waals surface area contributed by atoms with E-state index in [0.717, 1.165) is 0 Å². The molecule has 0 saturated carbocycles. The van der Waals surface area contributed by atoms with Gasteiger partial charge in [0.25, 0.3) is 6.43 Å². The van der Waals surface area contributed by atoms with Crippen molar-refractivity contribution in [3.8, 4) is 6.07 Å².